The molecule has 7 nitrogen and oxygen atoms in total. The molecule has 11 heteroatoms. The van der Waals surface area contributed by atoms with Crippen LogP contribution in [0.2, 0.25) is 0 Å². The molecule has 2 aliphatic rings. The summed E-state index contributed by atoms with van der Waals surface area (Å²) >= 11 is 1.52. The first kappa shape index (κ1) is 34.9. The molecule has 0 radical (unpaired) electrons. The number of benzene rings is 4. The van der Waals surface area contributed by atoms with Gasteiger partial charge in [0.1, 0.15) is 12.4 Å². The number of hydrogen-bond donors (Lipinski definition) is 0. The van der Waals surface area contributed by atoms with Crippen molar-refractivity contribution in [1.29, 1.82) is 0 Å². The predicted octanol–water partition coefficient (Wildman–Crippen LogP) is 7.94. The van der Waals surface area contributed by atoms with E-state index in [-0.39, 0.29) is 6.61 Å². The second-order valence-corrected chi connectivity index (χ2v) is 13.4. The number of nitrogens with zero attached hydrogens (tertiary/aromatic N) is 4. The average molecular weight is 693 g/mol. The molecular formula is C38H43F3N4O3S. The van der Waals surface area contributed by atoms with Crippen LogP contribution in [0.25, 0.3) is 10.8 Å². The van der Waals surface area contributed by atoms with Crippen molar-refractivity contribution in [3.05, 3.63) is 84.4 Å². The van der Waals surface area contributed by atoms with E-state index in [4.69, 9.17) is 9.47 Å². The maximum atomic E-state index is 13.6. The summed E-state index contributed by atoms with van der Waals surface area (Å²) in [6.07, 6.45) is -3.57. The third-order valence-corrected chi connectivity index (χ3v) is 10.4. The van der Waals surface area contributed by atoms with Crippen LogP contribution in [0, 0.1) is 0 Å². The van der Waals surface area contributed by atoms with Crippen molar-refractivity contribution in [2.75, 3.05) is 81.9 Å². The largest absolute Gasteiger partial charge is 0.481 e. The summed E-state index contributed by atoms with van der Waals surface area (Å²) in [5, 5.41) is 2.03. The van der Waals surface area contributed by atoms with Gasteiger partial charge >= 0.3 is 12.1 Å². The lowest BCUT2D eigenvalue weighted by Gasteiger charge is -2.36. The number of alkyl halides is 3. The molecule has 0 N–H and O–H groups in total. The molecule has 4 aromatic carbocycles. The number of rotatable bonds is 13. The van der Waals surface area contributed by atoms with Gasteiger partial charge in [0.2, 0.25) is 0 Å². The Kier molecular flexibility index (Phi) is 11.2. The molecular weight excluding hydrogens is 650 g/mol. The molecule has 49 heavy (non-hydrogen) atoms. The monoisotopic (exact) mass is 692 g/mol. The minimum atomic E-state index is -4.39. The molecule has 260 valence electrons. The number of fused-ring (bicyclic) bond motifs is 3. The minimum absolute atomic E-state index is 0.148. The van der Waals surface area contributed by atoms with Crippen molar-refractivity contribution in [3.63, 3.8) is 0 Å². The average Bonchev–Trinajstić information content (AvgIpc) is 3.11. The Morgan fingerprint density at radius 1 is 0.816 bits per heavy atom. The van der Waals surface area contributed by atoms with E-state index in [0.717, 1.165) is 84.2 Å². The molecule has 0 bridgehead atoms. The first-order chi connectivity index (χ1) is 23.7. The maximum absolute atomic E-state index is 13.6. The maximum Gasteiger partial charge on any atom is 0.416 e. The molecule has 0 amide bonds. The van der Waals surface area contributed by atoms with Crippen molar-refractivity contribution in [2.45, 2.75) is 36.2 Å². The summed E-state index contributed by atoms with van der Waals surface area (Å²) in [5.41, 5.74) is 2.06. The Balaban J connectivity index is 0.936. The van der Waals surface area contributed by atoms with Crippen LogP contribution in [-0.4, -0.2) is 87.9 Å². The van der Waals surface area contributed by atoms with E-state index in [2.05, 4.69) is 46.7 Å². The Labute approximate surface area is 290 Å². The summed E-state index contributed by atoms with van der Waals surface area (Å²) in [6.45, 7) is 11.9. The van der Waals surface area contributed by atoms with Crippen LogP contribution in [0.3, 0.4) is 0 Å². The van der Waals surface area contributed by atoms with Gasteiger partial charge < -0.3 is 24.2 Å². The number of hydrogen-bond acceptors (Lipinski definition) is 8. The quantitative estimate of drug-likeness (QED) is 0.131. The summed E-state index contributed by atoms with van der Waals surface area (Å²) in [6, 6.07) is 24.1. The molecule has 0 aliphatic carbocycles. The van der Waals surface area contributed by atoms with E-state index in [9.17, 15) is 18.0 Å². The summed E-state index contributed by atoms with van der Waals surface area (Å²) in [7, 11) is 0. The molecule has 0 saturated carbocycles. The zero-order valence-electron chi connectivity index (χ0n) is 28.0. The van der Waals surface area contributed by atoms with E-state index in [1.165, 1.54) is 23.9 Å². The van der Waals surface area contributed by atoms with E-state index < -0.39 is 17.7 Å². The number of anilines is 3. The SMILES string of the molecule is CCN(CC)c1ccc2cccc(OCC(=O)OCCN3CCN(CCCN4c5ccccc5Sc5ccc(C(F)(F)F)cc54)CC3)c2c1. The van der Waals surface area contributed by atoms with Crippen LogP contribution in [0.4, 0.5) is 30.2 Å². The predicted molar refractivity (Wildman–Crippen MR) is 190 cm³/mol. The second kappa shape index (κ2) is 15.7. The fourth-order valence-electron chi connectivity index (χ4n) is 6.55. The highest BCUT2D eigenvalue weighted by Crippen LogP contribution is 2.49. The van der Waals surface area contributed by atoms with Crippen molar-refractivity contribution in [1.82, 2.24) is 9.80 Å². The van der Waals surface area contributed by atoms with E-state index >= 15 is 0 Å². The van der Waals surface area contributed by atoms with Crippen molar-refractivity contribution < 1.29 is 27.4 Å². The van der Waals surface area contributed by atoms with Gasteiger partial charge in [0.25, 0.3) is 0 Å². The molecule has 0 aromatic heterocycles. The molecule has 0 spiro atoms. The highest BCUT2D eigenvalue weighted by Gasteiger charge is 2.33. The first-order valence-corrected chi connectivity index (χ1v) is 17.8. The Morgan fingerprint density at radius 3 is 2.31 bits per heavy atom. The lowest BCUT2D eigenvalue weighted by Crippen LogP contribution is -2.47. The van der Waals surface area contributed by atoms with Gasteiger partial charge in [0, 0.05) is 73.2 Å². The van der Waals surface area contributed by atoms with Crippen LogP contribution in [0.5, 0.6) is 5.75 Å². The van der Waals surface area contributed by atoms with Crippen LogP contribution in [0.1, 0.15) is 25.8 Å². The number of para-hydroxylation sites is 1. The van der Waals surface area contributed by atoms with Crippen LogP contribution < -0.4 is 14.5 Å². The lowest BCUT2D eigenvalue weighted by atomic mass is 10.1. The van der Waals surface area contributed by atoms with Gasteiger partial charge in [-0.1, -0.05) is 42.1 Å². The number of halogens is 3. The molecule has 1 fully saturated rings. The van der Waals surface area contributed by atoms with Gasteiger partial charge in [-0.25, -0.2) is 4.79 Å². The third kappa shape index (κ3) is 8.45. The zero-order chi connectivity index (χ0) is 34.4. The van der Waals surface area contributed by atoms with Crippen LogP contribution in [0.15, 0.2) is 88.7 Å². The molecule has 2 aliphatic heterocycles. The Hall–Kier alpha value is -3.93. The second-order valence-electron chi connectivity index (χ2n) is 12.3. The highest BCUT2D eigenvalue weighted by molar-refractivity contribution is 7.99. The standard InChI is InChI=1S/C38H43F3N4O3S/c1-3-44(4-2)30-15-13-28-9-7-11-34(31(28)26-30)48-27-37(46)47-24-23-43-21-19-42(20-22-43)17-8-18-45-32-10-5-6-12-35(32)49-36-16-14-29(25-33(36)45)38(39,40)41/h5-7,9-16,25-26H,3-4,8,17-24,27H2,1-2H3. The van der Waals surface area contributed by atoms with Crippen LogP contribution >= 0.6 is 11.8 Å². The third-order valence-electron chi connectivity index (χ3n) is 9.24. The van der Waals surface area contributed by atoms with Gasteiger partial charge in [0.15, 0.2) is 6.61 Å². The minimum Gasteiger partial charge on any atom is -0.481 e. The number of carbonyl (C=O) groups excluding carboxylic acids is 1. The van der Waals surface area contributed by atoms with Crippen molar-refractivity contribution in [3.8, 4) is 5.75 Å². The van der Waals surface area contributed by atoms with Gasteiger partial charge in [-0.3, -0.25) is 4.90 Å². The van der Waals surface area contributed by atoms with E-state index in [0.29, 0.717) is 31.1 Å². The van der Waals surface area contributed by atoms with Crippen LogP contribution in [-0.2, 0) is 15.7 Å². The molecule has 6 rings (SSSR count). The number of carbonyl (C=O) groups is 1. The van der Waals surface area contributed by atoms with Gasteiger partial charge in [0.05, 0.1) is 16.9 Å². The van der Waals surface area contributed by atoms with Crippen molar-refractivity contribution in [2.24, 2.45) is 0 Å². The van der Waals surface area contributed by atoms with Gasteiger partial charge in [-0.05, 0) is 80.7 Å². The molecule has 4 aromatic rings. The normalized spacial score (nSPS) is 15.2. The number of ether oxygens (including phenoxy) is 2. The molecule has 0 atom stereocenters. The lowest BCUT2D eigenvalue weighted by molar-refractivity contribution is -0.146. The number of esters is 1. The summed E-state index contributed by atoms with van der Waals surface area (Å²) in [4.78, 5) is 23.4. The summed E-state index contributed by atoms with van der Waals surface area (Å²) in [5.74, 6) is 0.273. The topological polar surface area (TPSA) is 48.5 Å². The molecule has 1 saturated heterocycles. The smallest absolute Gasteiger partial charge is 0.416 e. The molecule has 2 heterocycles. The highest BCUT2D eigenvalue weighted by atomic mass is 32.2. The fourth-order valence-corrected chi connectivity index (χ4v) is 7.62. The van der Waals surface area contributed by atoms with E-state index in [1.807, 2.05) is 47.4 Å². The zero-order valence-corrected chi connectivity index (χ0v) is 28.9. The van der Waals surface area contributed by atoms with Gasteiger partial charge in [-0.2, -0.15) is 13.2 Å². The van der Waals surface area contributed by atoms with E-state index in [1.54, 1.807) is 6.07 Å². The fraction of sp³-hybridized carbons (Fsp3) is 0.395. The number of piperazine rings is 1. The Bertz CT molecular complexity index is 1740. The van der Waals surface area contributed by atoms with Crippen molar-refractivity contribution >= 4 is 45.6 Å². The Morgan fingerprint density at radius 2 is 1.55 bits per heavy atom. The van der Waals surface area contributed by atoms with Gasteiger partial charge in [-0.15, -0.1) is 0 Å². The summed E-state index contributed by atoms with van der Waals surface area (Å²) < 4.78 is 52.1. The molecule has 0 unspecified atom stereocenters. The first-order valence-electron chi connectivity index (χ1n) is 17.0.